The number of carbonyl (C=O) groups excluding carboxylic acids is 1. The van der Waals surface area contributed by atoms with E-state index in [1.165, 1.54) is 17.5 Å². The van der Waals surface area contributed by atoms with Crippen LogP contribution >= 0.6 is 22.9 Å². The lowest BCUT2D eigenvalue weighted by atomic mass is 10.4. The molecule has 0 saturated heterocycles. The first kappa shape index (κ1) is 11.8. The maximum absolute atomic E-state index is 11.8. The number of hydrogen-bond acceptors (Lipinski definition) is 5. The number of anilines is 1. The smallest absolute Gasteiger partial charge is 0.267 e. The van der Waals surface area contributed by atoms with Crippen molar-refractivity contribution in [3.63, 3.8) is 0 Å². The van der Waals surface area contributed by atoms with Gasteiger partial charge < -0.3 is 10.1 Å². The molecule has 0 aromatic carbocycles. The zero-order valence-corrected chi connectivity index (χ0v) is 10.4. The van der Waals surface area contributed by atoms with E-state index in [2.05, 4.69) is 15.3 Å². The summed E-state index contributed by atoms with van der Waals surface area (Å²) in [6, 6.07) is 3.22. The molecule has 0 aliphatic carbocycles. The Bertz CT molecular complexity index is 544. The summed E-state index contributed by atoms with van der Waals surface area (Å²) in [5.41, 5.74) is 0. The summed E-state index contributed by atoms with van der Waals surface area (Å²) >= 11 is 6.90. The first-order chi connectivity index (χ1) is 8.19. The summed E-state index contributed by atoms with van der Waals surface area (Å²) in [6.45, 7) is 0. The van der Waals surface area contributed by atoms with Gasteiger partial charge in [-0.2, -0.15) is 0 Å². The van der Waals surface area contributed by atoms with E-state index in [4.69, 9.17) is 16.3 Å². The topological polar surface area (TPSA) is 64.1 Å². The SMILES string of the molecule is COc1csc(C(=O)Nc2ccnc(Cl)n2)c1. The standard InChI is InChI=1S/C10H8ClN3O2S/c1-16-6-4-7(17-5-6)9(15)13-8-2-3-12-10(11)14-8/h2-5H,1H3,(H,12,13,14,15). The average molecular weight is 270 g/mol. The zero-order valence-electron chi connectivity index (χ0n) is 8.81. The maximum atomic E-state index is 11.8. The second-order valence-corrected chi connectivity index (χ2v) is 4.27. The second kappa shape index (κ2) is 5.11. The number of nitrogens with one attached hydrogen (secondary N) is 1. The number of thiophene rings is 1. The molecule has 0 fully saturated rings. The number of carbonyl (C=O) groups is 1. The molecular formula is C10H8ClN3O2S. The van der Waals surface area contributed by atoms with Crippen LogP contribution in [0.1, 0.15) is 9.67 Å². The van der Waals surface area contributed by atoms with Gasteiger partial charge in [-0.05, 0) is 17.7 Å². The molecule has 0 aliphatic heterocycles. The van der Waals surface area contributed by atoms with Crippen molar-refractivity contribution in [3.05, 3.63) is 33.9 Å². The normalized spacial score (nSPS) is 10.0. The zero-order chi connectivity index (χ0) is 12.3. The molecule has 0 radical (unpaired) electrons. The highest BCUT2D eigenvalue weighted by atomic mass is 35.5. The van der Waals surface area contributed by atoms with Gasteiger partial charge in [0.05, 0.1) is 12.0 Å². The quantitative estimate of drug-likeness (QED) is 0.870. The fourth-order valence-electron chi connectivity index (χ4n) is 1.13. The van der Waals surface area contributed by atoms with Gasteiger partial charge in [-0.25, -0.2) is 9.97 Å². The van der Waals surface area contributed by atoms with E-state index < -0.39 is 0 Å². The van der Waals surface area contributed by atoms with Crippen LogP contribution in [-0.2, 0) is 0 Å². The number of nitrogens with zero attached hydrogens (tertiary/aromatic N) is 2. The minimum Gasteiger partial charge on any atom is -0.496 e. The number of aromatic nitrogens is 2. The molecule has 5 nitrogen and oxygen atoms in total. The third-order valence-electron chi connectivity index (χ3n) is 1.90. The molecule has 88 valence electrons. The summed E-state index contributed by atoms with van der Waals surface area (Å²) in [7, 11) is 1.55. The number of rotatable bonds is 3. The Morgan fingerprint density at radius 2 is 2.41 bits per heavy atom. The van der Waals surface area contributed by atoms with E-state index in [0.29, 0.717) is 16.4 Å². The van der Waals surface area contributed by atoms with Crippen molar-refractivity contribution in [2.75, 3.05) is 12.4 Å². The van der Waals surface area contributed by atoms with Crippen LogP contribution < -0.4 is 10.1 Å². The number of amides is 1. The fourth-order valence-corrected chi connectivity index (χ4v) is 2.02. The summed E-state index contributed by atoms with van der Waals surface area (Å²) < 4.78 is 5.00. The van der Waals surface area contributed by atoms with Crippen LogP contribution in [0.15, 0.2) is 23.7 Å². The Kier molecular flexibility index (Phi) is 3.55. The number of ether oxygens (including phenoxy) is 1. The van der Waals surface area contributed by atoms with E-state index in [1.807, 2.05) is 0 Å². The van der Waals surface area contributed by atoms with Gasteiger partial charge in [-0.3, -0.25) is 4.79 Å². The van der Waals surface area contributed by atoms with Crippen LogP contribution in [0.3, 0.4) is 0 Å². The van der Waals surface area contributed by atoms with Gasteiger partial charge >= 0.3 is 0 Å². The molecule has 0 atom stereocenters. The molecule has 0 spiro atoms. The molecular weight excluding hydrogens is 262 g/mol. The van der Waals surface area contributed by atoms with Gasteiger partial charge in [0.2, 0.25) is 5.28 Å². The van der Waals surface area contributed by atoms with E-state index in [-0.39, 0.29) is 11.2 Å². The Morgan fingerprint density at radius 1 is 1.59 bits per heavy atom. The molecule has 2 heterocycles. The predicted molar refractivity (Wildman–Crippen MR) is 65.9 cm³/mol. The van der Waals surface area contributed by atoms with Crippen molar-refractivity contribution in [3.8, 4) is 5.75 Å². The fraction of sp³-hybridized carbons (Fsp3) is 0.100. The Hall–Kier alpha value is -1.66. The Morgan fingerprint density at radius 3 is 3.06 bits per heavy atom. The van der Waals surface area contributed by atoms with E-state index in [0.717, 1.165) is 0 Å². The first-order valence-electron chi connectivity index (χ1n) is 4.61. The summed E-state index contributed by atoms with van der Waals surface area (Å²) in [6.07, 6.45) is 1.47. The summed E-state index contributed by atoms with van der Waals surface area (Å²) in [4.78, 5) is 19.9. The van der Waals surface area contributed by atoms with Crippen LogP contribution in [-0.4, -0.2) is 23.0 Å². The highest BCUT2D eigenvalue weighted by Crippen LogP contribution is 2.21. The predicted octanol–water partition coefficient (Wildman–Crippen LogP) is 2.45. The molecule has 0 aliphatic rings. The van der Waals surface area contributed by atoms with E-state index >= 15 is 0 Å². The first-order valence-corrected chi connectivity index (χ1v) is 5.87. The average Bonchev–Trinajstić information content (AvgIpc) is 2.77. The minimum absolute atomic E-state index is 0.0894. The van der Waals surface area contributed by atoms with E-state index in [9.17, 15) is 4.79 Å². The molecule has 2 aromatic rings. The molecule has 0 saturated carbocycles. The Labute approximate surface area is 106 Å². The van der Waals surface area contributed by atoms with Crippen molar-refractivity contribution in [2.45, 2.75) is 0 Å². The van der Waals surface area contributed by atoms with Crippen LogP contribution in [0.25, 0.3) is 0 Å². The lowest BCUT2D eigenvalue weighted by Crippen LogP contribution is -2.11. The van der Waals surface area contributed by atoms with Crippen molar-refractivity contribution in [1.29, 1.82) is 0 Å². The largest absolute Gasteiger partial charge is 0.496 e. The lowest BCUT2D eigenvalue weighted by molar-refractivity contribution is 0.103. The van der Waals surface area contributed by atoms with Crippen molar-refractivity contribution < 1.29 is 9.53 Å². The highest BCUT2D eigenvalue weighted by Gasteiger charge is 2.10. The van der Waals surface area contributed by atoms with Crippen LogP contribution in [0, 0.1) is 0 Å². The minimum atomic E-state index is -0.256. The summed E-state index contributed by atoms with van der Waals surface area (Å²) in [5, 5.41) is 4.46. The molecule has 1 N–H and O–H groups in total. The Balaban J connectivity index is 2.11. The van der Waals surface area contributed by atoms with Gasteiger partial charge in [0.1, 0.15) is 11.6 Å². The third kappa shape index (κ3) is 2.92. The molecule has 0 bridgehead atoms. The number of hydrogen-bond donors (Lipinski definition) is 1. The number of methoxy groups -OCH3 is 1. The van der Waals surface area contributed by atoms with Gasteiger partial charge in [-0.15, -0.1) is 11.3 Å². The van der Waals surface area contributed by atoms with E-state index in [1.54, 1.807) is 24.6 Å². The molecule has 0 unspecified atom stereocenters. The maximum Gasteiger partial charge on any atom is 0.267 e. The van der Waals surface area contributed by atoms with Crippen molar-refractivity contribution >= 4 is 34.7 Å². The van der Waals surface area contributed by atoms with Gasteiger partial charge in [0, 0.05) is 17.6 Å². The summed E-state index contributed by atoms with van der Waals surface area (Å²) in [5.74, 6) is 0.760. The lowest BCUT2D eigenvalue weighted by Gasteiger charge is -2.01. The van der Waals surface area contributed by atoms with Gasteiger partial charge in [0.15, 0.2) is 0 Å². The van der Waals surface area contributed by atoms with Crippen molar-refractivity contribution in [1.82, 2.24) is 9.97 Å². The highest BCUT2D eigenvalue weighted by molar-refractivity contribution is 7.12. The molecule has 17 heavy (non-hydrogen) atoms. The third-order valence-corrected chi connectivity index (χ3v) is 2.99. The van der Waals surface area contributed by atoms with Gasteiger partial charge in [0.25, 0.3) is 5.91 Å². The van der Waals surface area contributed by atoms with Crippen LogP contribution in [0.2, 0.25) is 5.28 Å². The van der Waals surface area contributed by atoms with Crippen molar-refractivity contribution in [2.24, 2.45) is 0 Å². The molecule has 7 heteroatoms. The molecule has 2 aromatic heterocycles. The van der Waals surface area contributed by atoms with Crippen LogP contribution in [0.4, 0.5) is 5.82 Å². The monoisotopic (exact) mass is 269 g/mol. The molecule has 1 amide bonds. The number of halogens is 1. The second-order valence-electron chi connectivity index (χ2n) is 3.02. The van der Waals surface area contributed by atoms with Gasteiger partial charge in [-0.1, -0.05) is 0 Å². The molecule has 2 rings (SSSR count). The van der Waals surface area contributed by atoms with Crippen LogP contribution in [0.5, 0.6) is 5.75 Å².